The molecule has 4 nitrogen and oxygen atoms in total. The van der Waals surface area contributed by atoms with E-state index in [4.69, 9.17) is 4.42 Å². The Hall–Kier alpha value is -1.84. The maximum Gasteiger partial charge on any atom is 0.247 e. The predicted molar refractivity (Wildman–Crippen MR) is 63.4 cm³/mol. The zero-order valence-electron chi connectivity index (χ0n) is 9.69. The van der Waals surface area contributed by atoms with Gasteiger partial charge in [-0.2, -0.15) is 0 Å². The van der Waals surface area contributed by atoms with Crippen LogP contribution in [0.25, 0.3) is 11.5 Å². The van der Waals surface area contributed by atoms with E-state index in [-0.39, 0.29) is 5.92 Å². The zero-order valence-corrected chi connectivity index (χ0v) is 9.69. The lowest BCUT2D eigenvalue weighted by atomic mass is 10.2. The smallest absolute Gasteiger partial charge is 0.247 e. The molecule has 1 N–H and O–H groups in total. The second kappa shape index (κ2) is 4.35. The highest BCUT2D eigenvalue weighted by Crippen LogP contribution is 2.22. The molecular weight excluding hydrogens is 202 g/mol. The van der Waals surface area contributed by atoms with Gasteiger partial charge in [0, 0.05) is 24.2 Å². The van der Waals surface area contributed by atoms with E-state index in [1.165, 1.54) is 0 Å². The van der Waals surface area contributed by atoms with Gasteiger partial charge in [0.2, 0.25) is 11.8 Å². The lowest BCUT2D eigenvalue weighted by molar-refractivity contribution is 0.481. The van der Waals surface area contributed by atoms with Crippen LogP contribution in [-0.2, 0) is 0 Å². The summed E-state index contributed by atoms with van der Waals surface area (Å²) < 4.78 is 5.56. The molecule has 0 atom stereocenters. The molecule has 84 valence electrons. The third-order valence-electron chi connectivity index (χ3n) is 2.36. The Morgan fingerprint density at radius 1 is 1.12 bits per heavy atom. The summed E-state index contributed by atoms with van der Waals surface area (Å²) >= 11 is 0. The van der Waals surface area contributed by atoms with Crippen molar-refractivity contribution in [2.75, 3.05) is 12.4 Å². The van der Waals surface area contributed by atoms with Gasteiger partial charge in [-0.25, -0.2) is 0 Å². The molecule has 1 aromatic heterocycles. The highest BCUT2D eigenvalue weighted by atomic mass is 16.4. The van der Waals surface area contributed by atoms with E-state index in [2.05, 4.69) is 15.5 Å². The molecule has 0 spiro atoms. The number of nitrogens with zero attached hydrogens (tertiary/aromatic N) is 2. The maximum absolute atomic E-state index is 5.56. The van der Waals surface area contributed by atoms with E-state index >= 15 is 0 Å². The third kappa shape index (κ3) is 2.05. The number of nitrogens with one attached hydrogen (secondary N) is 1. The Morgan fingerprint density at radius 3 is 2.31 bits per heavy atom. The topological polar surface area (TPSA) is 51.0 Å². The zero-order chi connectivity index (χ0) is 11.5. The largest absolute Gasteiger partial charge is 0.420 e. The Kier molecular flexibility index (Phi) is 2.90. The second-order valence-electron chi connectivity index (χ2n) is 3.93. The van der Waals surface area contributed by atoms with Crippen LogP contribution in [0.4, 0.5) is 5.69 Å². The van der Waals surface area contributed by atoms with Crippen LogP contribution in [0.5, 0.6) is 0 Å². The first-order chi connectivity index (χ1) is 7.70. The van der Waals surface area contributed by atoms with Crippen molar-refractivity contribution in [2.45, 2.75) is 19.8 Å². The van der Waals surface area contributed by atoms with Gasteiger partial charge in [-0.1, -0.05) is 13.8 Å². The second-order valence-corrected chi connectivity index (χ2v) is 3.93. The van der Waals surface area contributed by atoms with E-state index < -0.39 is 0 Å². The lowest BCUT2D eigenvalue weighted by Gasteiger charge is -2.00. The van der Waals surface area contributed by atoms with Crippen molar-refractivity contribution in [1.82, 2.24) is 10.2 Å². The van der Waals surface area contributed by atoms with Crippen LogP contribution in [0.1, 0.15) is 25.7 Å². The molecule has 0 saturated carbocycles. The van der Waals surface area contributed by atoms with E-state index in [0.717, 1.165) is 11.3 Å². The summed E-state index contributed by atoms with van der Waals surface area (Å²) in [5.41, 5.74) is 2.01. The summed E-state index contributed by atoms with van der Waals surface area (Å²) in [6, 6.07) is 7.88. The van der Waals surface area contributed by atoms with Crippen LogP contribution < -0.4 is 5.32 Å². The fourth-order valence-electron chi connectivity index (χ4n) is 1.36. The minimum Gasteiger partial charge on any atom is -0.420 e. The minimum atomic E-state index is 0.262. The molecule has 0 aliphatic carbocycles. The molecular formula is C12H15N3O. The molecule has 0 unspecified atom stereocenters. The van der Waals surface area contributed by atoms with Crippen LogP contribution in [-0.4, -0.2) is 17.2 Å². The molecule has 1 heterocycles. The van der Waals surface area contributed by atoms with Gasteiger partial charge in [-0.3, -0.25) is 0 Å². The third-order valence-corrected chi connectivity index (χ3v) is 2.36. The molecule has 2 aromatic rings. The summed E-state index contributed by atoms with van der Waals surface area (Å²) in [7, 11) is 1.89. The Labute approximate surface area is 94.7 Å². The number of hydrogen-bond donors (Lipinski definition) is 1. The van der Waals surface area contributed by atoms with Crippen molar-refractivity contribution in [3.8, 4) is 11.5 Å². The quantitative estimate of drug-likeness (QED) is 0.858. The fourth-order valence-corrected chi connectivity index (χ4v) is 1.36. The monoisotopic (exact) mass is 217 g/mol. The van der Waals surface area contributed by atoms with Crippen molar-refractivity contribution in [3.63, 3.8) is 0 Å². The normalized spacial score (nSPS) is 10.8. The molecule has 4 heteroatoms. The molecule has 0 aliphatic heterocycles. The molecule has 1 aromatic carbocycles. The Balaban J connectivity index is 2.28. The van der Waals surface area contributed by atoms with Gasteiger partial charge in [-0.05, 0) is 24.3 Å². The van der Waals surface area contributed by atoms with Gasteiger partial charge < -0.3 is 9.73 Å². The molecule has 0 bridgehead atoms. The van der Waals surface area contributed by atoms with Crippen LogP contribution in [0.2, 0.25) is 0 Å². The lowest BCUT2D eigenvalue weighted by Crippen LogP contribution is -1.86. The van der Waals surface area contributed by atoms with Gasteiger partial charge in [-0.15, -0.1) is 10.2 Å². The highest BCUT2D eigenvalue weighted by Gasteiger charge is 2.10. The number of aromatic nitrogens is 2. The van der Waals surface area contributed by atoms with Gasteiger partial charge in [0.15, 0.2) is 0 Å². The maximum atomic E-state index is 5.56. The van der Waals surface area contributed by atoms with Crippen LogP contribution >= 0.6 is 0 Å². The average molecular weight is 217 g/mol. The van der Waals surface area contributed by atoms with E-state index in [9.17, 15) is 0 Å². The summed E-state index contributed by atoms with van der Waals surface area (Å²) in [5.74, 6) is 1.51. The molecule has 0 saturated heterocycles. The van der Waals surface area contributed by atoms with Gasteiger partial charge in [0.25, 0.3) is 0 Å². The molecule has 0 radical (unpaired) electrons. The van der Waals surface area contributed by atoms with Gasteiger partial charge in [0.05, 0.1) is 0 Å². The number of anilines is 1. The summed E-state index contributed by atoms with van der Waals surface area (Å²) in [4.78, 5) is 0. The van der Waals surface area contributed by atoms with Crippen molar-refractivity contribution < 1.29 is 4.42 Å². The van der Waals surface area contributed by atoms with E-state index in [1.54, 1.807) is 0 Å². The SMILES string of the molecule is CNc1ccc(-c2nnc(C(C)C)o2)cc1. The van der Waals surface area contributed by atoms with Crippen molar-refractivity contribution in [1.29, 1.82) is 0 Å². The molecule has 0 aliphatic rings. The fraction of sp³-hybridized carbons (Fsp3) is 0.333. The van der Waals surface area contributed by atoms with Crippen molar-refractivity contribution in [3.05, 3.63) is 30.2 Å². The molecule has 2 rings (SSSR count). The summed E-state index contributed by atoms with van der Waals surface area (Å²) in [5, 5.41) is 11.1. The van der Waals surface area contributed by atoms with Gasteiger partial charge in [0.1, 0.15) is 0 Å². The standard InChI is InChI=1S/C12H15N3O/c1-8(2)11-14-15-12(16-11)9-4-6-10(13-3)7-5-9/h4-8,13H,1-3H3. The van der Waals surface area contributed by atoms with Crippen LogP contribution in [0.3, 0.4) is 0 Å². The van der Waals surface area contributed by atoms with Crippen molar-refractivity contribution in [2.24, 2.45) is 0 Å². The minimum absolute atomic E-state index is 0.262. The molecule has 16 heavy (non-hydrogen) atoms. The molecule has 0 amide bonds. The predicted octanol–water partition coefficient (Wildman–Crippen LogP) is 2.90. The van der Waals surface area contributed by atoms with E-state index in [0.29, 0.717) is 11.8 Å². The number of hydrogen-bond acceptors (Lipinski definition) is 4. The number of benzene rings is 1. The first-order valence-electron chi connectivity index (χ1n) is 5.32. The van der Waals surface area contributed by atoms with Gasteiger partial charge >= 0.3 is 0 Å². The molecule has 0 fully saturated rings. The van der Waals surface area contributed by atoms with Crippen LogP contribution in [0, 0.1) is 0 Å². The first kappa shape index (κ1) is 10.7. The van der Waals surface area contributed by atoms with Crippen LogP contribution in [0.15, 0.2) is 28.7 Å². The summed E-state index contributed by atoms with van der Waals surface area (Å²) in [6.07, 6.45) is 0. The Morgan fingerprint density at radius 2 is 1.81 bits per heavy atom. The Bertz CT molecular complexity index is 459. The first-order valence-corrected chi connectivity index (χ1v) is 5.32. The highest BCUT2D eigenvalue weighted by molar-refractivity contribution is 5.57. The summed E-state index contributed by atoms with van der Waals surface area (Å²) in [6.45, 7) is 4.06. The van der Waals surface area contributed by atoms with Crippen molar-refractivity contribution >= 4 is 5.69 Å². The average Bonchev–Trinajstić information content (AvgIpc) is 2.78. The van der Waals surface area contributed by atoms with E-state index in [1.807, 2.05) is 45.2 Å². The number of rotatable bonds is 3.